The highest BCUT2D eigenvalue weighted by Gasteiger charge is 2.13. The van der Waals surface area contributed by atoms with Gasteiger partial charge in [0.1, 0.15) is 0 Å². The molecule has 1 unspecified atom stereocenters. The summed E-state index contributed by atoms with van der Waals surface area (Å²) in [7, 11) is 0. The van der Waals surface area contributed by atoms with Crippen molar-refractivity contribution >= 4 is 17.2 Å². The van der Waals surface area contributed by atoms with E-state index in [1.807, 2.05) is 16.8 Å². The standard InChI is InChI=1S/C15H17NOS/c1-3-14(12-6-4-11(2)5-7-12)16-15(17)13-8-9-18-10-13/h4-10,14H,3H2,1-2H3,(H,16,17). The first-order valence-corrected chi connectivity index (χ1v) is 7.04. The minimum absolute atomic E-state index is 0.00340. The molecule has 2 nitrogen and oxygen atoms in total. The molecule has 0 bridgehead atoms. The average Bonchev–Trinajstić information content (AvgIpc) is 2.91. The third-order valence-corrected chi connectivity index (χ3v) is 3.66. The summed E-state index contributed by atoms with van der Waals surface area (Å²) < 4.78 is 0. The molecule has 0 aliphatic heterocycles. The third kappa shape index (κ3) is 2.99. The minimum atomic E-state index is 0.00340. The van der Waals surface area contributed by atoms with Gasteiger partial charge in [-0.1, -0.05) is 36.8 Å². The van der Waals surface area contributed by atoms with Crippen molar-refractivity contribution in [1.82, 2.24) is 5.32 Å². The number of rotatable bonds is 4. The van der Waals surface area contributed by atoms with Crippen molar-refractivity contribution in [1.29, 1.82) is 0 Å². The van der Waals surface area contributed by atoms with Gasteiger partial charge in [0.15, 0.2) is 0 Å². The maximum absolute atomic E-state index is 12.0. The fourth-order valence-electron chi connectivity index (χ4n) is 1.86. The van der Waals surface area contributed by atoms with Crippen molar-refractivity contribution < 1.29 is 4.79 Å². The van der Waals surface area contributed by atoms with Gasteiger partial charge in [0, 0.05) is 5.38 Å². The van der Waals surface area contributed by atoms with Crippen molar-refractivity contribution in [2.75, 3.05) is 0 Å². The molecule has 1 aromatic heterocycles. The molecular weight excluding hydrogens is 242 g/mol. The summed E-state index contributed by atoms with van der Waals surface area (Å²) in [6.45, 7) is 4.15. The Hall–Kier alpha value is -1.61. The zero-order chi connectivity index (χ0) is 13.0. The molecule has 1 amide bonds. The maximum Gasteiger partial charge on any atom is 0.252 e. The fourth-order valence-corrected chi connectivity index (χ4v) is 2.49. The molecule has 0 saturated carbocycles. The molecule has 1 N–H and O–H groups in total. The first kappa shape index (κ1) is 12.8. The number of hydrogen-bond donors (Lipinski definition) is 1. The van der Waals surface area contributed by atoms with Crippen LogP contribution in [-0.2, 0) is 0 Å². The van der Waals surface area contributed by atoms with Crippen LogP contribution in [-0.4, -0.2) is 5.91 Å². The average molecular weight is 259 g/mol. The van der Waals surface area contributed by atoms with Gasteiger partial charge in [-0.3, -0.25) is 4.79 Å². The molecule has 1 atom stereocenters. The highest BCUT2D eigenvalue weighted by atomic mass is 32.1. The SMILES string of the molecule is CCC(NC(=O)c1ccsc1)c1ccc(C)cc1. The van der Waals surface area contributed by atoms with Crippen LogP contribution in [0.15, 0.2) is 41.1 Å². The van der Waals surface area contributed by atoms with E-state index in [0.717, 1.165) is 17.5 Å². The monoisotopic (exact) mass is 259 g/mol. The van der Waals surface area contributed by atoms with Crippen LogP contribution in [0, 0.1) is 6.92 Å². The number of carbonyl (C=O) groups is 1. The topological polar surface area (TPSA) is 29.1 Å². The van der Waals surface area contributed by atoms with Crippen LogP contribution in [0.4, 0.5) is 0 Å². The van der Waals surface area contributed by atoms with Crippen molar-refractivity contribution in [2.24, 2.45) is 0 Å². The van der Waals surface area contributed by atoms with Crippen LogP contribution in [0.2, 0.25) is 0 Å². The first-order valence-electron chi connectivity index (χ1n) is 6.10. The maximum atomic E-state index is 12.0. The minimum Gasteiger partial charge on any atom is -0.345 e. The Morgan fingerprint density at radius 2 is 2.00 bits per heavy atom. The molecule has 0 aliphatic rings. The lowest BCUT2D eigenvalue weighted by atomic mass is 10.0. The largest absolute Gasteiger partial charge is 0.345 e. The number of thiophene rings is 1. The predicted octanol–water partition coefficient (Wildman–Crippen LogP) is 3.94. The summed E-state index contributed by atoms with van der Waals surface area (Å²) in [6.07, 6.45) is 0.888. The van der Waals surface area contributed by atoms with Crippen molar-refractivity contribution in [3.05, 3.63) is 57.8 Å². The van der Waals surface area contributed by atoms with Gasteiger partial charge >= 0.3 is 0 Å². The Balaban J connectivity index is 2.10. The fraction of sp³-hybridized carbons (Fsp3) is 0.267. The molecule has 1 heterocycles. The number of carbonyl (C=O) groups excluding carboxylic acids is 1. The molecule has 0 spiro atoms. The highest BCUT2D eigenvalue weighted by Crippen LogP contribution is 2.18. The van der Waals surface area contributed by atoms with Crippen LogP contribution >= 0.6 is 11.3 Å². The van der Waals surface area contributed by atoms with Gasteiger partial charge in [0.25, 0.3) is 5.91 Å². The lowest BCUT2D eigenvalue weighted by Gasteiger charge is -2.17. The van der Waals surface area contributed by atoms with Gasteiger partial charge in [0.05, 0.1) is 11.6 Å². The zero-order valence-corrected chi connectivity index (χ0v) is 11.5. The Labute approximate surface area is 112 Å². The van der Waals surface area contributed by atoms with E-state index in [9.17, 15) is 4.79 Å². The molecule has 0 saturated heterocycles. The van der Waals surface area contributed by atoms with Crippen LogP contribution in [0.1, 0.15) is 40.9 Å². The second kappa shape index (κ2) is 5.83. The Morgan fingerprint density at radius 1 is 1.28 bits per heavy atom. The van der Waals surface area contributed by atoms with E-state index in [4.69, 9.17) is 0 Å². The molecule has 2 aromatic rings. The molecule has 0 aliphatic carbocycles. The summed E-state index contributed by atoms with van der Waals surface area (Å²) in [5, 5.41) is 6.86. The van der Waals surface area contributed by atoms with Gasteiger partial charge < -0.3 is 5.32 Å². The molecular formula is C15H17NOS. The number of amides is 1. The highest BCUT2D eigenvalue weighted by molar-refractivity contribution is 7.08. The van der Waals surface area contributed by atoms with E-state index in [1.165, 1.54) is 16.9 Å². The normalized spacial score (nSPS) is 12.1. The van der Waals surface area contributed by atoms with Crippen molar-refractivity contribution in [3.63, 3.8) is 0 Å². The Morgan fingerprint density at radius 3 is 2.56 bits per heavy atom. The zero-order valence-electron chi connectivity index (χ0n) is 10.6. The van der Waals surface area contributed by atoms with E-state index in [-0.39, 0.29) is 11.9 Å². The third-order valence-electron chi connectivity index (χ3n) is 2.98. The Bertz CT molecular complexity index is 502. The number of hydrogen-bond acceptors (Lipinski definition) is 2. The van der Waals surface area contributed by atoms with E-state index < -0.39 is 0 Å². The van der Waals surface area contributed by atoms with Gasteiger partial charge in [-0.15, -0.1) is 0 Å². The van der Waals surface area contributed by atoms with Gasteiger partial charge in [-0.2, -0.15) is 11.3 Å². The van der Waals surface area contributed by atoms with Gasteiger partial charge in [-0.25, -0.2) is 0 Å². The lowest BCUT2D eigenvalue weighted by molar-refractivity contribution is 0.0936. The number of aryl methyl sites for hydroxylation is 1. The van der Waals surface area contributed by atoms with Crippen molar-refractivity contribution in [2.45, 2.75) is 26.3 Å². The molecule has 3 heteroatoms. The van der Waals surface area contributed by atoms with Gasteiger partial charge in [0.2, 0.25) is 0 Å². The summed E-state index contributed by atoms with van der Waals surface area (Å²) >= 11 is 1.54. The molecule has 0 radical (unpaired) electrons. The summed E-state index contributed by atoms with van der Waals surface area (Å²) in [5.74, 6) is 0.00340. The van der Waals surface area contributed by atoms with E-state index in [1.54, 1.807) is 0 Å². The first-order chi connectivity index (χ1) is 8.70. The second-order valence-corrected chi connectivity index (χ2v) is 5.14. The predicted molar refractivity (Wildman–Crippen MR) is 76.0 cm³/mol. The summed E-state index contributed by atoms with van der Waals surface area (Å²) in [5.41, 5.74) is 3.13. The summed E-state index contributed by atoms with van der Waals surface area (Å²) in [4.78, 5) is 12.0. The molecule has 0 fully saturated rings. The molecule has 94 valence electrons. The van der Waals surface area contributed by atoms with E-state index >= 15 is 0 Å². The van der Waals surface area contributed by atoms with Crippen LogP contribution in [0.3, 0.4) is 0 Å². The van der Waals surface area contributed by atoms with Crippen LogP contribution in [0.25, 0.3) is 0 Å². The number of benzene rings is 1. The van der Waals surface area contributed by atoms with Gasteiger partial charge in [-0.05, 0) is 30.4 Å². The second-order valence-electron chi connectivity index (χ2n) is 4.36. The van der Waals surface area contributed by atoms with Crippen LogP contribution < -0.4 is 5.32 Å². The molecule has 18 heavy (non-hydrogen) atoms. The Kier molecular flexibility index (Phi) is 4.15. The van der Waals surface area contributed by atoms with Crippen molar-refractivity contribution in [3.8, 4) is 0 Å². The molecule has 1 aromatic carbocycles. The van der Waals surface area contributed by atoms with Crippen LogP contribution in [0.5, 0.6) is 0 Å². The quantitative estimate of drug-likeness (QED) is 0.885. The number of nitrogens with one attached hydrogen (secondary N) is 1. The van der Waals surface area contributed by atoms with E-state index in [2.05, 4.69) is 43.4 Å². The smallest absolute Gasteiger partial charge is 0.252 e. The lowest BCUT2D eigenvalue weighted by Crippen LogP contribution is -2.27. The summed E-state index contributed by atoms with van der Waals surface area (Å²) in [6, 6.07) is 10.2. The molecule has 2 rings (SSSR count). The van der Waals surface area contributed by atoms with E-state index in [0.29, 0.717) is 0 Å².